The van der Waals surface area contributed by atoms with Crippen LogP contribution in [0.2, 0.25) is 0 Å². The molecule has 0 saturated carbocycles. The quantitative estimate of drug-likeness (QED) is 0.166. The van der Waals surface area contributed by atoms with Crippen molar-refractivity contribution in [3.63, 3.8) is 0 Å². The number of ether oxygens (including phenoxy) is 2. The standard InChI is InChI=1S/C35H33F2N7O3/c1-43(2)16-17-47-27-9-5-8-25(20-27)39-35-38-14-12-30(41-35)33-32(42-31-21-26(46-3)13-15-44(31)33)22-6-4-7-23(18-22)34(45)40-29-11-10-24(36)19-28(29)37/h4-15,18-21,35,39,41H,16-17H2,1-3H3,(H,40,45). The first-order chi connectivity index (χ1) is 22.8. The summed E-state index contributed by atoms with van der Waals surface area (Å²) in [6.45, 7) is 1.37. The predicted molar refractivity (Wildman–Crippen MR) is 179 cm³/mol. The van der Waals surface area contributed by atoms with E-state index in [2.05, 4.69) is 25.8 Å². The van der Waals surface area contributed by atoms with Crippen LogP contribution in [0.25, 0.3) is 22.6 Å². The van der Waals surface area contributed by atoms with Gasteiger partial charge in [-0.1, -0.05) is 18.2 Å². The van der Waals surface area contributed by atoms with Gasteiger partial charge in [0.1, 0.15) is 35.4 Å². The zero-order valence-corrected chi connectivity index (χ0v) is 26.0. The van der Waals surface area contributed by atoms with E-state index >= 15 is 0 Å². The highest BCUT2D eigenvalue weighted by molar-refractivity contribution is 6.05. The van der Waals surface area contributed by atoms with Crippen LogP contribution in [-0.4, -0.2) is 67.1 Å². The van der Waals surface area contributed by atoms with E-state index in [0.29, 0.717) is 29.3 Å². The van der Waals surface area contributed by atoms with Crippen LogP contribution in [0.15, 0.2) is 96.1 Å². The number of aromatic nitrogens is 2. The van der Waals surface area contributed by atoms with Gasteiger partial charge in [-0.25, -0.2) is 18.8 Å². The van der Waals surface area contributed by atoms with Crippen molar-refractivity contribution >= 4 is 34.8 Å². The van der Waals surface area contributed by atoms with E-state index in [1.54, 1.807) is 31.5 Å². The van der Waals surface area contributed by atoms with Gasteiger partial charge in [-0.2, -0.15) is 0 Å². The van der Waals surface area contributed by atoms with Crippen molar-refractivity contribution < 1.29 is 23.0 Å². The molecule has 47 heavy (non-hydrogen) atoms. The van der Waals surface area contributed by atoms with Crippen LogP contribution in [-0.2, 0) is 0 Å². The number of halogens is 2. The van der Waals surface area contributed by atoms with Crippen LogP contribution in [0.3, 0.4) is 0 Å². The lowest BCUT2D eigenvalue weighted by atomic mass is 10.0. The molecule has 0 radical (unpaired) electrons. The second kappa shape index (κ2) is 13.7. The maximum Gasteiger partial charge on any atom is 0.255 e. The zero-order valence-electron chi connectivity index (χ0n) is 26.0. The molecule has 1 aliphatic rings. The minimum atomic E-state index is -0.866. The Morgan fingerprint density at radius 1 is 1.02 bits per heavy atom. The summed E-state index contributed by atoms with van der Waals surface area (Å²) in [5.74, 6) is -0.769. The first kappa shape index (κ1) is 31.2. The summed E-state index contributed by atoms with van der Waals surface area (Å²) in [6.07, 6.45) is 4.92. The molecule has 1 aliphatic heterocycles. The molecule has 0 fully saturated rings. The number of amides is 1. The number of rotatable bonds is 11. The number of fused-ring (bicyclic) bond motifs is 1. The Labute approximate surface area is 270 Å². The largest absolute Gasteiger partial charge is 0.497 e. The van der Waals surface area contributed by atoms with Gasteiger partial charge in [-0.15, -0.1) is 0 Å². The molecule has 10 nitrogen and oxygen atoms in total. The number of pyridine rings is 1. The summed E-state index contributed by atoms with van der Waals surface area (Å²) in [4.78, 5) is 24.7. The molecular formula is C35H33F2N7O3. The topological polar surface area (TPSA) is 105 Å². The average Bonchev–Trinajstić information content (AvgIpc) is 3.45. The van der Waals surface area contributed by atoms with Gasteiger partial charge < -0.3 is 30.3 Å². The van der Waals surface area contributed by atoms with E-state index in [-0.39, 0.29) is 11.3 Å². The minimum absolute atomic E-state index is 0.123. The molecule has 3 N–H and O–H groups in total. The van der Waals surface area contributed by atoms with Crippen molar-refractivity contribution in [2.75, 3.05) is 45.0 Å². The molecule has 0 saturated heterocycles. The summed E-state index contributed by atoms with van der Waals surface area (Å²) in [7, 11) is 5.58. The first-order valence-electron chi connectivity index (χ1n) is 14.8. The lowest BCUT2D eigenvalue weighted by molar-refractivity contribution is 0.102. The van der Waals surface area contributed by atoms with Crippen molar-refractivity contribution in [1.29, 1.82) is 0 Å². The number of carbonyl (C=O) groups is 1. The Kier molecular flexibility index (Phi) is 9.11. The molecule has 2 aromatic heterocycles. The fraction of sp³-hybridized carbons (Fsp3) is 0.171. The second-order valence-corrected chi connectivity index (χ2v) is 11.0. The van der Waals surface area contributed by atoms with Gasteiger partial charge in [-0.05, 0) is 62.6 Å². The second-order valence-electron chi connectivity index (χ2n) is 11.0. The molecule has 0 bridgehead atoms. The van der Waals surface area contributed by atoms with E-state index in [4.69, 9.17) is 14.5 Å². The Morgan fingerprint density at radius 3 is 2.68 bits per heavy atom. The number of hydrogen-bond acceptors (Lipinski definition) is 8. The van der Waals surface area contributed by atoms with Crippen LogP contribution in [0, 0.1) is 11.6 Å². The lowest BCUT2D eigenvalue weighted by Crippen LogP contribution is -2.35. The predicted octanol–water partition coefficient (Wildman–Crippen LogP) is 5.89. The molecule has 3 aromatic carbocycles. The molecular weight excluding hydrogens is 604 g/mol. The molecule has 5 aromatic rings. The smallest absolute Gasteiger partial charge is 0.255 e. The molecule has 1 atom stereocenters. The number of methoxy groups -OCH3 is 1. The van der Waals surface area contributed by atoms with Crippen molar-refractivity contribution in [2.24, 2.45) is 4.99 Å². The highest BCUT2D eigenvalue weighted by Gasteiger charge is 2.23. The summed E-state index contributed by atoms with van der Waals surface area (Å²) in [5, 5.41) is 9.37. The van der Waals surface area contributed by atoms with Gasteiger partial charge in [0.25, 0.3) is 5.91 Å². The highest BCUT2D eigenvalue weighted by atomic mass is 19.1. The molecule has 3 heterocycles. The molecule has 1 unspecified atom stereocenters. The number of aliphatic imine (C=N–C) groups is 1. The van der Waals surface area contributed by atoms with Gasteiger partial charge in [0.2, 0.25) is 0 Å². The summed E-state index contributed by atoms with van der Waals surface area (Å²) < 4.78 is 40.9. The first-order valence-corrected chi connectivity index (χ1v) is 14.8. The van der Waals surface area contributed by atoms with E-state index in [1.807, 2.05) is 73.2 Å². The summed E-state index contributed by atoms with van der Waals surface area (Å²) >= 11 is 0. The third kappa shape index (κ3) is 7.23. The zero-order chi connectivity index (χ0) is 32.9. The number of benzene rings is 3. The lowest BCUT2D eigenvalue weighted by Gasteiger charge is -2.24. The van der Waals surface area contributed by atoms with Crippen molar-refractivity contribution in [3.05, 3.63) is 114 Å². The maximum atomic E-state index is 14.3. The normalized spacial score (nSPS) is 14.1. The van der Waals surface area contributed by atoms with Crippen LogP contribution < -0.4 is 25.4 Å². The molecule has 12 heteroatoms. The van der Waals surface area contributed by atoms with Crippen molar-refractivity contribution in [2.45, 2.75) is 6.29 Å². The SMILES string of the molecule is COc1ccn2c(C3=CC=NC(Nc4cccc(OCCN(C)C)c4)N3)c(-c3cccc(C(=O)Nc4ccc(F)cc4F)c3)nc2c1. The third-order valence-electron chi connectivity index (χ3n) is 7.38. The van der Waals surface area contributed by atoms with Gasteiger partial charge in [0.05, 0.1) is 29.9 Å². The van der Waals surface area contributed by atoms with Crippen LogP contribution >= 0.6 is 0 Å². The van der Waals surface area contributed by atoms with Crippen molar-refractivity contribution in [3.8, 4) is 22.8 Å². The Bertz CT molecular complexity index is 1990. The number of likely N-dealkylation sites (N-methyl/N-ethyl adjacent to an activating group) is 1. The summed E-state index contributed by atoms with van der Waals surface area (Å²) in [5.41, 5.74) is 4.28. The van der Waals surface area contributed by atoms with Gasteiger partial charge >= 0.3 is 0 Å². The van der Waals surface area contributed by atoms with Crippen LogP contribution in [0.4, 0.5) is 20.2 Å². The van der Waals surface area contributed by atoms with Crippen LogP contribution in [0.1, 0.15) is 16.1 Å². The minimum Gasteiger partial charge on any atom is -0.497 e. The fourth-order valence-electron chi connectivity index (χ4n) is 5.04. The van der Waals surface area contributed by atoms with Gasteiger partial charge in [-0.3, -0.25) is 9.20 Å². The monoisotopic (exact) mass is 637 g/mol. The Hall–Kier alpha value is -5.75. The van der Waals surface area contributed by atoms with E-state index in [9.17, 15) is 13.6 Å². The van der Waals surface area contributed by atoms with Gasteiger partial charge in [0.15, 0.2) is 6.29 Å². The van der Waals surface area contributed by atoms with Crippen LogP contribution in [0.5, 0.6) is 11.5 Å². The number of hydrogen-bond donors (Lipinski definition) is 3. The molecule has 1 amide bonds. The number of imidazole rings is 1. The summed E-state index contributed by atoms with van der Waals surface area (Å²) in [6, 6.07) is 21.2. The van der Waals surface area contributed by atoms with E-state index in [0.717, 1.165) is 41.5 Å². The Balaban J connectivity index is 1.29. The number of anilines is 2. The maximum absolute atomic E-state index is 14.3. The molecule has 0 aliphatic carbocycles. The number of nitrogens with zero attached hydrogens (tertiary/aromatic N) is 4. The van der Waals surface area contributed by atoms with E-state index in [1.165, 1.54) is 6.07 Å². The third-order valence-corrected chi connectivity index (χ3v) is 7.38. The number of allylic oxidation sites excluding steroid dienone is 1. The molecule has 240 valence electrons. The Morgan fingerprint density at radius 2 is 1.87 bits per heavy atom. The van der Waals surface area contributed by atoms with E-state index < -0.39 is 23.8 Å². The van der Waals surface area contributed by atoms with Gasteiger partial charge in [0, 0.05) is 54.0 Å². The molecule has 6 rings (SSSR count). The number of carbonyl (C=O) groups excluding carboxylic acids is 1. The van der Waals surface area contributed by atoms with Crippen molar-refractivity contribution in [1.82, 2.24) is 19.6 Å². The number of nitrogens with one attached hydrogen (secondary N) is 3. The highest BCUT2D eigenvalue weighted by Crippen LogP contribution is 2.32. The fourth-order valence-corrected chi connectivity index (χ4v) is 5.04. The average molecular weight is 638 g/mol. The molecule has 0 spiro atoms.